The molecule has 0 saturated heterocycles. The third-order valence-corrected chi connectivity index (χ3v) is 1.19. The van der Waals surface area contributed by atoms with Crippen LogP contribution in [0, 0.1) is 0 Å². The van der Waals surface area contributed by atoms with E-state index in [1.807, 2.05) is 0 Å². The van der Waals surface area contributed by atoms with Crippen LogP contribution in [0.25, 0.3) is 0 Å². The molecule has 72 valence electrons. The molecule has 0 radical (unpaired) electrons. The molecule has 0 fully saturated rings. The van der Waals surface area contributed by atoms with Crippen molar-refractivity contribution in [3.8, 4) is 0 Å². The minimum absolute atomic E-state index is 0.241. The van der Waals surface area contributed by atoms with Crippen molar-refractivity contribution in [1.82, 2.24) is 5.32 Å². The van der Waals surface area contributed by atoms with Crippen molar-refractivity contribution < 1.29 is 14.6 Å². The molecule has 0 amide bonds. The summed E-state index contributed by atoms with van der Waals surface area (Å²) < 4.78 is 4.70. The van der Waals surface area contributed by atoms with Crippen molar-refractivity contribution in [3.63, 3.8) is 0 Å². The van der Waals surface area contributed by atoms with Gasteiger partial charge in [0.1, 0.15) is 5.72 Å². The van der Waals surface area contributed by atoms with Crippen molar-refractivity contribution in [3.05, 3.63) is 0 Å². The van der Waals surface area contributed by atoms with Crippen LogP contribution >= 0.6 is 0 Å². The lowest BCUT2D eigenvalue weighted by atomic mass is 10.3. The summed E-state index contributed by atoms with van der Waals surface area (Å²) in [7, 11) is 0. The lowest BCUT2D eigenvalue weighted by molar-refractivity contribution is -0.143. The molecule has 2 N–H and O–H groups in total. The van der Waals surface area contributed by atoms with Crippen LogP contribution in [0.15, 0.2) is 0 Å². The van der Waals surface area contributed by atoms with Gasteiger partial charge in [0, 0.05) is 6.54 Å². The zero-order chi connectivity index (χ0) is 9.61. The summed E-state index contributed by atoms with van der Waals surface area (Å²) in [6, 6.07) is 0. The number of nitrogens with one attached hydrogen (secondary N) is 1. The molecule has 0 aromatic rings. The fourth-order valence-electron chi connectivity index (χ4n) is 0.704. The van der Waals surface area contributed by atoms with E-state index < -0.39 is 5.72 Å². The normalized spacial score (nSPS) is 11.3. The predicted octanol–water partition coefficient (Wildman–Crippen LogP) is 0.258. The molecule has 4 nitrogen and oxygen atoms in total. The Kier molecular flexibility index (Phi) is 4.85. The molecule has 0 heterocycles. The number of carbonyl (C=O) groups is 1. The van der Waals surface area contributed by atoms with Crippen molar-refractivity contribution in [2.24, 2.45) is 0 Å². The highest BCUT2D eigenvalue weighted by Crippen LogP contribution is 1.94. The maximum Gasteiger partial charge on any atom is 0.307 e. The first-order valence-electron chi connectivity index (χ1n) is 4.08. The van der Waals surface area contributed by atoms with Crippen LogP contribution in [0.5, 0.6) is 0 Å². The molecule has 0 unspecified atom stereocenters. The Labute approximate surface area is 72.9 Å². The second kappa shape index (κ2) is 5.11. The molecular weight excluding hydrogens is 158 g/mol. The average molecular weight is 175 g/mol. The van der Waals surface area contributed by atoms with Crippen LogP contribution in [-0.4, -0.2) is 30.0 Å². The Balaban J connectivity index is 3.37. The Morgan fingerprint density at radius 3 is 2.58 bits per heavy atom. The number of hydrogen-bond donors (Lipinski definition) is 2. The second-order valence-corrected chi connectivity index (χ2v) is 3.04. The van der Waals surface area contributed by atoms with E-state index in [0.29, 0.717) is 13.2 Å². The van der Waals surface area contributed by atoms with E-state index in [0.717, 1.165) is 0 Å². The van der Waals surface area contributed by atoms with Crippen molar-refractivity contribution in [2.75, 3.05) is 13.2 Å². The van der Waals surface area contributed by atoms with Gasteiger partial charge in [0.2, 0.25) is 0 Å². The highest BCUT2D eigenvalue weighted by Gasteiger charge is 2.11. The SMILES string of the molecule is CCOC(=O)CCNC(C)(C)O. The van der Waals surface area contributed by atoms with Gasteiger partial charge in [0.05, 0.1) is 13.0 Å². The van der Waals surface area contributed by atoms with Gasteiger partial charge in [-0.1, -0.05) is 0 Å². The molecule has 0 aliphatic rings. The monoisotopic (exact) mass is 175 g/mol. The van der Waals surface area contributed by atoms with Crippen molar-refractivity contribution >= 4 is 5.97 Å². The average Bonchev–Trinajstić information content (AvgIpc) is 1.84. The number of hydrogen-bond acceptors (Lipinski definition) is 4. The van der Waals surface area contributed by atoms with E-state index in [1.165, 1.54) is 0 Å². The third kappa shape index (κ3) is 7.50. The summed E-state index contributed by atoms with van der Waals surface area (Å²) in [6.45, 7) is 5.85. The number of rotatable bonds is 5. The van der Waals surface area contributed by atoms with Gasteiger partial charge >= 0.3 is 5.97 Å². The summed E-state index contributed by atoms with van der Waals surface area (Å²) in [5, 5.41) is 12.0. The Hall–Kier alpha value is -0.610. The quantitative estimate of drug-likeness (QED) is 0.465. The summed E-state index contributed by atoms with van der Waals surface area (Å²) >= 11 is 0. The van der Waals surface area contributed by atoms with Gasteiger partial charge < -0.3 is 9.84 Å². The molecule has 0 aromatic heterocycles. The van der Waals surface area contributed by atoms with E-state index in [-0.39, 0.29) is 12.4 Å². The summed E-state index contributed by atoms with van der Waals surface area (Å²) in [5.41, 5.74) is -0.924. The van der Waals surface area contributed by atoms with Gasteiger partial charge in [-0.2, -0.15) is 0 Å². The topological polar surface area (TPSA) is 58.6 Å². The van der Waals surface area contributed by atoms with Gasteiger partial charge in [-0.25, -0.2) is 0 Å². The lowest BCUT2D eigenvalue weighted by Gasteiger charge is -2.18. The highest BCUT2D eigenvalue weighted by molar-refractivity contribution is 5.69. The van der Waals surface area contributed by atoms with Crippen LogP contribution in [0.1, 0.15) is 27.2 Å². The smallest absolute Gasteiger partial charge is 0.307 e. The second-order valence-electron chi connectivity index (χ2n) is 3.04. The number of esters is 1. The van der Waals surface area contributed by atoms with Gasteiger partial charge in [-0.3, -0.25) is 10.1 Å². The Morgan fingerprint density at radius 1 is 1.58 bits per heavy atom. The van der Waals surface area contributed by atoms with E-state index in [2.05, 4.69) is 5.32 Å². The molecule has 0 aromatic carbocycles. The molecule has 12 heavy (non-hydrogen) atoms. The summed E-state index contributed by atoms with van der Waals surface area (Å²) in [4.78, 5) is 10.8. The fraction of sp³-hybridized carbons (Fsp3) is 0.875. The standard InChI is InChI=1S/C8H17NO3/c1-4-12-7(10)5-6-9-8(2,3)11/h9,11H,4-6H2,1-3H3. The van der Waals surface area contributed by atoms with Crippen molar-refractivity contribution in [1.29, 1.82) is 0 Å². The van der Waals surface area contributed by atoms with Crippen LogP contribution < -0.4 is 5.32 Å². The van der Waals surface area contributed by atoms with Crippen molar-refractivity contribution in [2.45, 2.75) is 32.9 Å². The summed E-state index contributed by atoms with van der Waals surface area (Å²) in [6.07, 6.45) is 0.290. The van der Waals surface area contributed by atoms with Crippen LogP contribution in [0.4, 0.5) is 0 Å². The fourth-order valence-corrected chi connectivity index (χ4v) is 0.704. The molecule has 0 rings (SSSR count). The first-order valence-corrected chi connectivity index (χ1v) is 4.08. The van der Waals surface area contributed by atoms with Crippen LogP contribution in [-0.2, 0) is 9.53 Å². The maximum atomic E-state index is 10.8. The molecule has 0 aliphatic carbocycles. The molecule has 0 saturated carbocycles. The third-order valence-electron chi connectivity index (χ3n) is 1.19. The van der Waals surface area contributed by atoms with Gasteiger partial charge in [0.15, 0.2) is 0 Å². The number of carbonyl (C=O) groups excluding carboxylic acids is 1. The van der Waals surface area contributed by atoms with E-state index >= 15 is 0 Å². The van der Waals surface area contributed by atoms with E-state index in [4.69, 9.17) is 4.74 Å². The number of ether oxygens (including phenoxy) is 1. The minimum Gasteiger partial charge on any atom is -0.466 e. The zero-order valence-corrected chi connectivity index (χ0v) is 7.89. The Morgan fingerprint density at radius 2 is 2.17 bits per heavy atom. The molecular formula is C8H17NO3. The first kappa shape index (κ1) is 11.4. The molecule has 4 heteroatoms. The maximum absolute atomic E-state index is 10.8. The zero-order valence-electron chi connectivity index (χ0n) is 7.89. The largest absolute Gasteiger partial charge is 0.466 e. The van der Waals surface area contributed by atoms with Gasteiger partial charge in [0.25, 0.3) is 0 Å². The van der Waals surface area contributed by atoms with Crippen LogP contribution in [0.2, 0.25) is 0 Å². The minimum atomic E-state index is -0.924. The summed E-state index contributed by atoms with van der Waals surface area (Å²) in [5.74, 6) is -0.241. The molecule has 0 bridgehead atoms. The van der Waals surface area contributed by atoms with E-state index in [1.54, 1.807) is 20.8 Å². The Bertz CT molecular complexity index is 140. The van der Waals surface area contributed by atoms with Gasteiger partial charge in [-0.05, 0) is 20.8 Å². The van der Waals surface area contributed by atoms with Crippen LogP contribution in [0.3, 0.4) is 0 Å². The highest BCUT2D eigenvalue weighted by atomic mass is 16.5. The molecule has 0 atom stereocenters. The number of aliphatic hydroxyl groups is 1. The predicted molar refractivity (Wildman–Crippen MR) is 45.6 cm³/mol. The lowest BCUT2D eigenvalue weighted by Crippen LogP contribution is -2.40. The molecule has 0 aliphatic heterocycles. The van der Waals surface area contributed by atoms with E-state index in [9.17, 15) is 9.90 Å². The molecule has 0 spiro atoms. The van der Waals surface area contributed by atoms with Gasteiger partial charge in [-0.15, -0.1) is 0 Å². The first-order chi connectivity index (χ1) is 5.45.